The van der Waals surface area contributed by atoms with Crippen LogP contribution in [0.4, 0.5) is 0 Å². The van der Waals surface area contributed by atoms with Crippen molar-refractivity contribution in [1.29, 1.82) is 0 Å². The molecule has 0 fully saturated rings. The molecule has 20 heavy (non-hydrogen) atoms. The molecule has 1 N–H and O–H groups in total. The number of unbranched alkanes of at least 4 members (excludes halogenated alkanes) is 3. The molecule has 0 saturated heterocycles. The zero-order valence-corrected chi connectivity index (χ0v) is 13.8. The molecule has 0 bridgehead atoms. The van der Waals surface area contributed by atoms with Crippen LogP contribution in [0.1, 0.15) is 53.4 Å². The topological polar surface area (TPSA) is 87.7 Å². The van der Waals surface area contributed by atoms with E-state index in [1.807, 2.05) is 13.8 Å². The van der Waals surface area contributed by atoms with Crippen molar-refractivity contribution in [3.63, 3.8) is 0 Å². The van der Waals surface area contributed by atoms with E-state index in [0.717, 1.165) is 19.3 Å². The highest BCUT2D eigenvalue weighted by Gasteiger charge is 2.10. The number of amides is 1. The van der Waals surface area contributed by atoms with Gasteiger partial charge in [0.2, 0.25) is 5.91 Å². The number of rotatable bonds is 11. The van der Waals surface area contributed by atoms with Crippen molar-refractivity contribution in [2.45, 2.75) is 59.5 Å². The van der Waals surface area contributed by atoms with E-state index in [1.165, 1.54) is 0 Å². The van der Waals surface area contributed by atoms with Gasteiger partial charge in [0.1, 0.15) is 0 Å². The largest absolute Gasteiger partial charge is 0.756 e. The lowest BCUT2D eigenvalue weighted by atomic mass is 10.2. The fourth-order valence-corrected chi connectivity index (χ4v) is 2.39. The average molecular weight is 308 g/mol. The van der Waals surface area contributed by atoms with Gasteiger partial charge in [-0.25, -0.2) is 0 Å². The molecule has 1 atom stereocenters. The second kappa shape index (κ2) is 10.3. The van der Waals surface area contributed by atoms with Gasteiger partial charge in [-0.2, -0.15) is 0 Å². The molecule has 6 nitrogen and oxygen atoms in total. The maximum absolute atomic E-state index is 11.3. The minimum Gasteiger partial charge on any atom is -0.756 e. The summed E-state index contributed by atoms with van der Waals surface area (Å²) in [6, 6.07) is 0. The van der Waals surface area contributed by atoms with Gasteiger partial charge in [0.05, 0.1) is 12.7 Å². The Bertz CT molecular complexity index is 320. The first-order valence-electron chi connectivity index (χ1n) is 7.16. The van der Waals surface area contributed by atoms with Crippen LogP contribution < -0.4 is 10.2 Å². The molecule has 0 aliphatic heterocycles. The summed E-state index contributed by atoms with van der Waals surface area (Å²) in [5.74, 6) is 0.0713. The summed E-state index contributed by atoms with van der Waals surface area (Å²) in [7, 11) is -4.14. The predicted octanol–water partition coefficient (Wildman–Crippen LogP) is 2.23. The molecular weight excluding hydrogens is 281 g/mol. The minimum atomic E-state index is -4.14. The number of phosphoric ester groups is 1. The van der Waals surface area contributed by atoms with Crippen molar-refractivity contribution in [3.05, 3.63) is 0 Å². The maximum Gasteiger partial charge on any atom is 0.268 e. The molecule has 120 valence electrons. The molecule has 0 aromatic heterocycles. The van der Waals surface area contributed by atoms with Crippen LogP contribution in [0.5, 0.6) is 0 Å². The summed E-state index contributed by atoms with van der Waals surface area (Å²) in [5, 5.41) is 2.83. The third-order valence-electron chi connectivity index (χ3n) is 2.48. The SMILES string of the molecule is CC(C)OP(=O)([O-])OCCCCCCNC(=O)C(C)C. The van der Waals surface area contributed by atoms with E-state index in [1.54, 1.807) is 13.8 Å². The molecule has 0 aromatic carbocycles. The lowest BCUT2D eigenvalue weighted by Gasteiger charge is -2.24. The fourth-order valence-electron chi connectivity index (χ4n) is 1.46. The standard InChI is InChI=1S/C13H28NO5P/c1-11(2)13(15)14-9-7-5-6-8-10-18-20(16,17)19-12(3)4/h11-12H,5-10H2,1-4H3,(H,14,15)(H,16,17)/p-1. The molecule has 0 aliphatic carbocycles. The van der Waals surface area contributed by atoms with Gasteiger partial charge in [-0.15, -0.1) is 0 Å². The van der Waals surface area contributed by atoms with Crippen molar-refractivity contribution in [3.8, 4) is 0 Å². The van der Waals surface area contributed by atoms with E-state index < -0.39 is 13.9 Å². The molecule has 0 aliphatic rings. The zero-order valence-electron chi connectivity index (χ0n) is 12.9. The van der Waals surface area contributed by atoms with Crippen molar-refractivity contribution in [2.24, 2.45) is 5.92 Å². The Morgan fingerprint density at radius 2 is 1.75 bits per heavy atom. The molecule has 0 saturated carbocycles. The molecule has 1 unspecified atom stereocenters. The van der Waals surface area contributed by atoms with Gasteiger partial charge in [-0.3, -0.25) is 9.36 Å². The summed E-state index contributed by atoms with van der Waals surface area (Å²) in [5.41, 5.74) is 0. The normalized spacial score (nSPS) is 14.6. The first-order chi connectivity index (χ1) is 9.24. The number of hydrogen-bond donors (Lipinski definition) is 1. The van der Waals surface area contributed by atoms with E-state index in [4.69, 9.17) is 4.52 Å². The fraction of sp³-hybridized carbons (Fsp3) is 0.923. The summed E-state index contributed by atoms with van der Waals surface area (Å²) >= 11 is 0. The Kier molecular flexibility index (Phi) is 10.1. The quantitative estimate of drug-likeness (QED) is 0.467. The number of carbonyl (C=O) groups excluding carboxylic acids is 1. The number of carbonyl (C=O) groups is 1. The molecule has 0 spiro atoms. The number of hydrogen-bond acceptors (Lipinski definition) is 5. The highest BCUT2D eigenvalue weighted by Crippen LogP contribution is 2.39. The van der Waals surface area contributed by atoms with Crippen LogP contribution in [-0.4, -0.2) is 25.2 Å². The number of nitrogens with one attached hydrogen (secondary N) is 1. The van der Waals surface area contributed by atoms with Crippen LogP contribution in [0.25, 0.3) is 0 Å². The second-order valence-corrected chi connectivity index (χ2v) is 6.66. The molecule has 0 aromatic rings. The maximum atomic E-state index is 11.3. The van der Waals surface area contributed by atoms with Crippen molar-refractivity contribution in [1.82, 2.24) is 5.32 Å². The van der Waals surface area contributed by atoms with E-state index in [-0.39, 0.29) is 18.4 Å². The smallest absolute Gasteiger partial charge is 0.268 e. The summed E-state index contributed by atoms with van der Waals surface area (Å²) in [6.07, 6.45) is 2.93. The van der Waals surface area contributed by atoms with E-state index in [2.05, 4.69) is 9.84 Å². The Morgan fingerprint density at radius 3 is 2.30 bits per heavy atom. The van der Waals surface area contributed by atoms with Gasteiger partial charge in [0, 0.05) is 12.5 Å². The molecule has 0 heterocycles. The second-order valence-electron chi connectivity index (χ2n) is 5.29. The van der Waals surface area contributed by atoms with E-state index >= 15 is 0 Å². The monoisotopic (exact) mass is 308 g/mol. The Labute approximate surface area is 121 Å². The third-order valence-corrected chi connectivity index (χ3v) is 3.66. The molecule has 0 radical (unpaired) electrons. The van der Waals surface area contributed by atoms with Gasteiger partial charge < -0.3 is 19.3 Å². The zero-order chi connectivity index (χ0) is 15.6. The highest BCUT2D eigenvalue weighted by molar-refractivity contribution is 7.45. The van der Waals surface area contributed by atoms with Gasteiger partial charge in [-0.1, -0.05) is 26.7 Å². The minimum absolute atomic E-state index is 0.00977. The van der Waals surface area contributed by atoms with Crippen molar-refractivity contribution >= 4 is 13.7 Å². The van der Waals surface area contributed by atoms with Gasteiger partial charge in [0.15, 0.2) is 0 Å². The van der Waals surface area contributed by atoms with Gasteiger partial charge in [0.25, 0.3) is 7.82 Å². The Morgan fingerprint density at radius 1 is 1.15 bits per heavy atom. The van der Waals surface area contributed by atoms with E-state index in [0.29, 0.717) is 13.0 Å². The first-order valence-corrected chi connectivity index (χ1v) is 8.62. The van der Waals surface area contributed by atoms with Crippen LogP contribution >= 0.6 is 7.82 Å². The van der Waals surface area contributed by atoms with Crippen LogP contribution in [0, 0.1) is 5.92 Å². The Balaban J connectivity index is 3.45. The third kappa shape index (κ3) is 11.4. The summed E-state index contributed by atoms with van der Waals surface area (Å²) in [4.78, 5) is 22.5. The van der Waals surface area contributed by atoms with Crippen LogP contribution in [0.3, 0.4) is 0 Å². The molecular formula is C13H27NO5P-. The highest BCUT2D eigenvalue weighted by atomic mass is 31.2. The average Bonchev–Trinajstić information content (AvgIpc) is 2.30. The molecule has 7 heteroatoms. The van der Waals surface area contributed by atoms with Crippen LogP contribution in [-0.2, 0) is 18.4 Å². The lowest BCUT2D eigenvalue weighted by Crippen LogP contribution is -2.28. The molecule has 0 rings (SSSR count). The van der Waals surface area contributed by atoms with E-state index in [9.17, 15) is 14.3 Å². The van der Waals surface area contributed by atoms with Crippen molar-refractivity contribution < 1.29 is 23.3 Å². The molecule has 1 amide bonds. The Hall–Kier alpha value is -0.420. The number of phosphoric acid groups is 1. The first kappa shape index (κ1) is 19.6. The van der Waals surface area contributed by atoms with Gasteiger partial charge >= 0.3 is 0 Å². The van der Waals surface area contributed by atoms with Crippen molar-refractivity contribution in [2.75, 3.05) is 13.2 Å². The summed E-state index contributed by atoms with van der Waals surface area (Å²) < 4.78 is 20.6. The van der Waals surface area contributed by atoms with Crippen LogP contribution in [0.2, 0.25) is 0 Å². The van der Waals surface area contributed by atoms with Gasteiger partial charge in [-0.05, 0) is 26.7 Å². The summed E-state index contributed by atoms with van der Waals surface area (Å²) in [6.45, 7) is 7.79. The lowest BCUT2D eigenvalue weighted by molar-refractivity contribution is -0.228. The van der Waals surface area contributed by atoms with Crippen LogP contribution in [0.15, 0.2) is 0 Å². The predicted molar refractivity (Wildman–Crippen MR) is 76.1 cm³/mol.